The summed E-state index contributed by atoms with van der Waals surface area (Å²) in [6, 6.07) is 29.5. The number of aromatic nitrogens is 2. The van der Waals surface area contributed by atoms with E-state index >= 15 is 0 Å². The lowest BCUT2D eigenvalue weighted by atomic mass is 10.1. The average Bonchev–Trinajstić information content (AvgIpc) is 3.50. The molecular formula is C35H31N3O6S. The minimum Gasteiger partial charge on any atom is -0.489 e. The van der Waals surface area contributed by atoms with E-state index in [9.17, 15) is 13.2 Å². The van der Waals surface area contributed by atoms with Crippen LogP contribution in [0.15, 0.2) is 113 Å². The number of carbonyl (C=O) groups is 1. The van der Waals surface area contributed by atoms with Crippen molar-refractivity contribution in [1.82, 2.24) is 9.97 Å². The van der Waals surface area contributed by atoms with Crippen molar-refractivity contribution < 1.29 is 26.9 Å². The smallest absolute Gasteiger partial charge is 0.294 e. The minimum atomic E-state index is -4.02. The lowest BCUT2D eigenvalue weighted by molar-refractivity contribution is 0.110. The highest BCUT2D eigenvalue weighted by atomic mass is 32.2. The first-order valence-corrected chi connectivity index (χ1v) is 15.4. The molecule has 0 aliphatic carbocycles. The molecule has 0 atom stereocenters. The molecule has 6 rings (SSSR count). The molecule has 4 aromatic carbocycles. The molecule has 0 bridgehead atoms. The summed E-state index contributed by atoms with van der Waals surface area (Å²) >= 11 is 0. The molecule has 0 saturated carbocycles. The number of aldehydes is 1. The van der Waals surface area contributed by atoms with Gasteiger partial charge in [-0.3, -0.25) is 9.35 Å². The zero-order valence-electron chi connectivity index (χ0n) is 24.9. The van der Waals surface area contributed by atoms with Crippen LogP contribution in [0.4, 0.5) is 11.5 Å². The summed E-state index contributed by atoms with van der Waals surface area (Å²) in [5.74, 6) is 2.43. The normalized spacial score (nSPS) is 11.0. The van der Waals surface area contributed by atoms with Gasteiger partial charge >= 0.3 is 0 Å². The number of nitrogens with zero attached hydrogens (tertiary/aromatic N) is 2. The number of ether oxygens (including phenoxy) is 1. The van der Waals surface area contributed by atoms with Crippen LogP contribution in [0.3, 0.4) is 0 Å². The standard InChI is InChI=1S/C28H23N3O3.C7H8O3S/c1-18-4-3-5-20(12-18)16-33-26-10-7-22(13-19(26)2)31-28-24-14-21(6-9-25(24)29-17-30-28)27-11-8-23(15-32)34-27;1-6-2-4-7(5-3-6)11(8,9)10/h3-15,17H,16H2,1-2H3,(H,29,30,31);2-5H,1H3,(H,8,9,10). The van der Waals surface area contributed by atoms with Crippen LogP contribution < -0.4 is 10.1 Å². The van der Waals surface area contributed by atoms with E-state index in [2.05, 4.69) is 40.4 Å². The third kappa shape index (κ3) is 7.99. The van der Waals surface area contributed by atoms with Gasteiger partial charge in [-0.2, -0.15) is 8.42 Å². The predicted molar refractivity (Wildman–Crippen MR) is 174 cm³/mol. The number of rotatable bonds is 8. The van der Waals surface area contributed by atoms with Crippen LogP contribution in [0.1, 0.15) is 32.8 Å². The van der Waals surface area contributed by atoms with E-state index in [4.69, 9.17) is 13.7 Å². The molecule has 228 valence electrons. The van der Waals surface area contributed by atoms with E-state index in [0.717, 1.165) is 44.6 Å². The Hall–Kier alpha value is -5.32. The molecule has 0 saturated heterocycles. The largest absolute Gasteiger partial charge is 0.489 e. The highest BCUT2D eigenvalue weighted by molar-refractivity contribution is 7.85. The van der Waals surface area contributed by atoms with E-state index < -0.39 is 10.1 Å². The molecule has 2 aromatic heterocycles. The Bertz CT molecular complexity index is 2070. The monoisotopic (exact) mass is 621 g/mol. The van der Waals surface area contributed by atoms with Gasteiger partial charge in [0.2, 0.25) is 0 Å². The van der Waals surface area contributed by atoms with Crippen molar-refractivity contribution in [3.05, 3.63) is 131 Å². The Morgan fingerprint density at radius 1 is 0.867 bits per heavy atom. The van der Waals surface area contributed by atoms with Gasteiger partial charge in [0.05, 0.1) is 10.4 Å². The Labute approximate surface area is 261 Å². The van der Waals surface area contributed by atoms with Crippen LogP contribution in [0.2, 0.25) is 0 Å². The van der Waals surface area contributed by atoms with Crippen LogP contribution in [-0.4, -0.2) is 29.2 Å². The summed E-state index contributed by atoms with van der Waals surface area (Å²) in [5, 5.41) is 4.25. The second-order valence-electron chi connectivity index (χ2n) is 10.4. The van der Waals surface area contributed by atoms with Crippen LogP contribution >= 0.6 is 0 Å². The Morgan fingerprint density at radius 2 is 1.67 bits per heavy atom. The molecule has 0 aliphatic heterocycles. The minimum absolute atomic E-state index is 0.0666. The van der Waals surface area contributed by atoms with Crippen LogP contribution in [0.25, 0.3) is 22.2 Å². The number of anilines is 2. The van der Waals surface area contributed by atoms with Crippen molar-refractivity contribution in [2.45, 2.75) is 32.3 Å². The van der Waals surface area contributed by atoms with Crippen molar-refractivity contribution in [2.75, 3.05) is 5.32 Å². The van der Waals surface area contributed by atoms with Crippen molar-refractivity contribution in [1.29, 1.82) is 0 Å². The highest BCUT2D eigenvalue weighted by Gasteiger charge is 2.11. The van der Waals surface area contributed by atoms with Gasteiger partial charge < -0.3 is 14.5 Å². The van der Waals surface area contributed by atoms with E-state index in [1.54, 1.807) is 24.3 Å². The molecule has 6 aromatic rings. The number of furan rings is 1. The van der Waals surface area contributed by atoms with Crippen molar-refractivity contribution >= 4 is 38.8 Å². The molecular weight excluding hydrogens is 590 g/mol. The number of fused-ring (bicyclic) bond motifs is 1. The van der Waals surface area contributed by atoms with E-state index in [1.807, 2.05) is 56.3 Å². The van der Waals surface area contributed by atoms with Crippen LogP contribution in [0.5, 0.6) is 5.75 Å². The predicted octanol–water partition coefficient (Wildman–Crippen LogP) is 7.88. The maximum Gasteiger partial charge on any atom is 0.294 e. The summed E-state index contributed by atoms with van der Waals surface area (Å²) in [7, 11) is -4.02. The highest BCUT2D eigenvalue weighted by Crippen LogP contribution is 2.31. The molecule has 9 nitrogen and oxygen atoms in total. The third-order valence-electron chi connectivity index (χ3n) is 6.90. The van der Waals surface area contributed by atoms with Gasteiger partial charge in [-0.15, -0.1) is 0 Å². The first-order valence-electron chi connectivity index (χ1n) is 14.0. The topological polar surface area (TPSA) is 132 Å². The molecule has 0 radical (unpaired) electrons. The molecule has 0 amide bonds. The van der Waals surface area contributed by atoms with Crippen LogP contribution in [-0.2, 0) is 16.7 Å². The number of hydrogen-bond donors (Lipinski definition) is 2. The zero-order chi connectivity index (χ0) is 32.0. The lowest BCUT2D eigenvalue weighted by Gasteiger charge is -2.13. The molecule has 0 unspecified atom stereocenters. The van der Waals surface area contributed by atoms with Crippen molar-refractivity contribution in [3.8, 4) is 17.1 Å². The zero-order valence-corrected chi connectivity index (χ0v) is 25.7. The Morgan fingerprint density at radius 3 is 2.36 bits per heavy atom. The van der Waals surface area contributed by atoms with E-state index in [-0.39, 0.29) is 10.7 Å². The summed E-state index contributed by atoms with van der Waals surface area (Å²) in [4.78, 5) is 19.7. The summed E-state index contributed by atoms with van der Waals surface area (Å²) in [5.41, 5.74) is 6.88. The van der Waals surface area contributed by atoms with Gasteiger partial charge in [0, 0.05) is 16.6 Å². The molecule has 10 heteroatoms. The van der Waals surface area contributed by atoms with E-state index in [0.29, 0.717) is 24.5 Å². The number of aryl methyl sites for hydroxylation is 3. The number of hydrogen-bond acceptors (Lipinski definition) is 8. The fourth-order valence-electron chi connectivity index (χ4n) is 4.58. The summed E-state index contributed by atoms with van der Waals surface area (Å²) in [6.07, 6.45) is 2.23. The van der Waals surface area contributed by atoms with Gasteiger partial charge in [-0.25, -0.2) is 9.97 Å². The number of carbonyl (C=O) groups excluding carboxylic acids is 1. The molecule has 45 heavy (non-hydrogen) atoms. The molecule has 0 spiro atoms. The summed E-state index contributed by atoms with van der Waals surface area (Å²) < 4.78 is 41.2. The fourth-order valence-corrected chi connectivity index (χ4v) is 5.06. The first-order chi connectivity index (χ1) is 21.6. The van der Waals surface area contributed by atoms with Gasteiger partial charge in [-0.05, 0) is 92.6 Å². The lowest BCUT2D eigenvalue weighted by Crippen LogP contribution is -1.99. The molecule has 2 heterocycles. The van der Waals surface area contributed by atoms with E-state index in [1.165, 1.54) is 24.0 Å². The fraction of sp³-hybridized carbons (Fsp3) is 0.114. The number of nitrogens with one attached hydrogen (secondary N) is 1. The Kier molecular flexibility index (Phi) is 9.36. The van der Waals surface area contributed by atoms with Gasteiger partial charge in [0.1, 0.15) is 30.3 Å². The Balaban J connectivity index is 0.000000309. The average molecular weight is 622 g/mol. The summed E-state index contributed by atoms with van der Waals surface area (Å²) in [6.45, 7) is 6.46. The van der Waals surface area contributed by atoms with Gasteiger partial charge in [-0.1, -0.05) is 47.5 Å². The third-order valence-corrected chi connectivity index (χ3v) is 7.76. The van der Waals surface area contributed by atoms with Crippen molar-refractivity contribution in [2.24, 2.45) is 0 Å². The van der Waals surface area contributed by atoms with Crippen molar-refractivity contribution in [3.63, 3.8) is 0 Å². The molecule has 0 aliphatic rings. The second kappa shape index (κ2) is 13.5. The van der Waals surface area contributed by atoms with Gasteiger partial charge in [0.15, 0.2) is 12.0 Å². The quantitative estimate of drug-likeness (QED) is 0.129. The maximum absolute atomic E-state index is 11.0. The first kappa shape index (κ1) is 31.1. The molecule has 2 N–H and O–H groups in total. The van der Waals surface area contributed by atoms with Gasteiger partial charge in [0.25, 0.3) is 10.1 Å². The molecule has 0 fully saturated rings. The number of benzene rings is 4. The van der Waals surface area contributed by atoms with Crippen LogP contribution in [0, 0.1) is 20.8 Å². The maximum atomic E-state index is 11.0. The second-order valence-corrected chi connectivity index (χ2v) is 11.9. The SMILES string of the molecule is Cc1ccc(S(=O)(=O)O)cc1.Cc1cccc(COc2ccc(Nc3ncnc4ccc(-c5ccc(C=O)o5)cc34)cc2C)c1.